The molecule has 0 aliphatic carbocycles. The van der Waals surface area contributed by atoms with E-state index in [4.69, 9.17) is 0 Å². The highest BCUT2D eigenvalue weighted by atomic mass is 16.2. The monoisotopic (exact) mass is 508 g/mol. The third kappa shape index (κ3) is 6.45. The topological polar surface area (TPSA) is 89.4 Å². The minimum Gasteiger partial charge on any atom is -0.372 e. The molecule has 3 aromatic rings. The van der Waals surface area contributed by atoms with Crippen molar-refractivity contribution < 1.29 is 9.59 Å². The molecule has 3 aromatic carbocycles. The van der Waals surface area contributed by atoms with Crippen molar-refractivity contribution in [2.45, 2.75) is 25.7 Å². The fourth-order valence-electron chi connectivity index (χ4n) is 4.78. The first-order valence-electron chi connectivity index (χ1n) is 13.1. The number of rotatable bonds is 8. The van der Waals surface area contributed by atoms with E-state index in [2.05, 4.69) is 30.9 Å². The van der Waals surface area contributed by atoms with Crippen molar-refractivity contribution >= 4 is 35.6 Å². The lowest BCUT2D eigenvalue weighted by Gasteiger charge is -2.17. The van der Waals surface area contributed by atoms with Gasteiger partial charge in [-0.05, 0) is 91.4 Å². The van der Waals surface area contributed by atoms with Crippen LogP contribution in [0.1, 0.15) is 57.5 Å². The molecular formula is C30H32N6O2. The highest BCUT2D eigenvalue weighted by Gasteiger charge is 2.14. The predicted octanol–water partition coefficient (Wildman–Crippen LogP) is 4.41. The summed E-state index contributed by atoms with van der Waals surface area (Å²) in [6.45, 7) is 4.27. The summed E-state index contributed by atoms with van der Waals surface area (Å²) in [7, 11) is 0. The van der Waals surface area contributed by atoms with Crippen LogP contribution in [0.25, 0.3) is 0 Å². The van der Waals surface area contributed by atoms with Gasteiger partial charge in [0.2, 0.25) is 0 Å². The van der Waals surface area contributed by atoms with Crippen LogP contribution in [0.3, 0.4) is 0 Å². The maximum atomic E-state index is 12.4. The highest BCUT2D eigenvalue weighted by Crippen LogP contribution is 2.21. The first-order valence-corrected chi connectivity index (χ1v) is 13.1. The minimum absolute atomic E-state index is 0.261. The number of anilines is 2. The molecule has 2 aliphatic heterocycles. The summed E-state index contributed by atoms with van der Waals surface area (Å²) in [5.74, 6) is -0.522. The zero-order valence-electron chi connectivity index (χ0n) is 21.3. The van der Waals surface area contributed by atoms with Gasteiger partial charge in [-0.25, -0.2) is 10.9 Å². The molecule has 5 rings (SSSR count). The third-order valence-corrected chi connectivity index (χ3v) is 6.87. The van der Waals surface area contributed by atoms with Crippen LogP contribution in [-0.2, 0) is 0 Å². The lowest BCUT2D eigenvalue weighted by molar-refractivity contribution is 0.0947. The SMILES string of the molecule is O=C(N/N=C/c1cccc(/C=N/NC(=O)c2ccc(N3CCCC3)cc2)c1)c1ccc(N2CCCC2)cc1. The summed E-state index contributed by atoms with van der Waals surface area (Å²) in [5.41, 5.74) is 10.2. The van der Waals surface area contributed by atoms with E-state index >= 15 is 0 Å². The lowest BCUT2D eigenvalue weighted by atomic mass is 10.1. The van der Waals surface area contributed by atoms with E-state index in [1.165, 1.54) is 25.7 Å². The van der Waals surface area contributed by atoms with Crippen molar-refractivity contribution in [1.29, 1.82) is 0 Å². The Morgan fingerprint density at radius 3 is 1.39 bits per heavy atom. The molecule has 0 saturated carbocycles. The Bertz CT molecular complexity index is 1210. The zero-order valence-corrected chi connectivity index (χ0v) is 21.3. The number of nitrogens with one attached hydrogen (secondary N) is 2. The molecule has 0 bridgehead atoms. The van der Waals surface area contributed by atoms with Crippen molar-refractivity contribution in [3.8, 4) is 0 Å². The summed E-state index contributed by atoms with van der Waals surface area (Å²) in [4.78, 5) is 29.5. The average molecular weight is 509 g/mol. The van der Waals surface area contributed by atoms with E-state index in [1.54, 1.807) is 12.4 Å². The molecule has 2 aliphatic rings. The molecule has 194 valence electrons. The smallest absolute Gasteiger partial charge is 0.271 e. The molecule has 2 N–H and O–H groups in total. The predicted molar refractivity (Wildman–Crippen MR) is 152 cm³/mol. The van der Waals surface area contributed by atoms with Crippen LogP contribution in [-0.4, -0.2) is 50.4 Å². The van der Waals surface area contributed by atoms with Crippen LogP contribution in [0.4, 0.5) is 11.4 Å². The Morgan fingerprint density at radius 2 is 1.00 bits per heavy atom. The van der Waals surface area contributed by atoms with Crippen LogP contribution in [0.2, 0.25) is 0 Å². The van der Waals surface area contributed by atoms with Gasteiger partial charge in [-0.2, -0.15) is 10.2 Å². The molecule has 8 nitrogen and oxygen atoms in total. The van der Waals surface area contributed by atoms with Crippen molar-refractivity contribution in [2.75, 3.05) is 36.0 Å². The molecule has 8 heteroatoms. The van der Waals surface area contributed by atoms with Gasteiger partial charge in [0, 0.05) is 48.7 Å². The third-order valence-electron chi connectivity index (χ3n) is 6.87. The Hall–Kier alpha value is -4.46. The van der Waals surface area contributed by atoms with Crippen LogP contribution in [0.15, 0.2) is 83.0 Å². The number of hydrogen-bond acceptors (Lipinski definition) is 6. The van der Waals surface area contributed by atoms with Crippen molar-refractivity contribution in [3.05, 3.63) is 95.1 Å². The van der Waals surface area contributed by atoms with E-state index in [0.717, 1.165) is 48.7 Å². The highest BCUT2D eigenvalue weighted by molar-refractivity contribution is 5.96. The molecule has 2 fully saturated rings. The number of nitrogens with zero attached hydrogens (tertiary/aromatic N) is 4. The first kappa shape index (κ1) is 25.2. The molecule has 2 amide bonds. The second-order valence-corrected chi connectivity index (χ2v) is 9.55. The normalized spacial score (nSPS) is 15.5. The number of benzene rings is 3. The number of amides is 2. The number of hydrazone groups is 2. The van der Waals surface area contributed by atoms with E-state index in [0.29, 0.717) is 11.1 Å². The molecule has 0 atom stereocenters. The Labute approximate surface area is 223 Å². The Kier molecular flexibility index (Phi) is 8.08. The molecule has 0 aromatic heterocycles. The van der Waals surface area contributed by atoms with Gasteiger partial charge in [-0.3, -0.25) is 9.59 Å². The average Bonchev–Trinajstić information content (AvgIpc) is 3.69. The van der Waals surface area contributed by atoms with Crippen molar-refractivity contribution in [1.82, 2.24) is 10.9 Å². The fourth-order valence-corrected chi connectivity index (χ4v) is 4.78. The van der Waals surface area contributed by atoms with Crippen molar-refractivity contribution in [2.24, 2.45) is 10.2 Å². The lowest BCUT2D eigenvalue weighted by Crippen LogP contribution is -2.19. The van der Waals surface area contributed by atoms with Gasteiger partial charge in [0.1, 0.15) is 0 Å². The minimum atomic E-state index is -0.261. The second-order valence-electron chi connectivity index (χ2n) is 9.55. The quantitative estimate of drug-likeness (QED) is 0.348. The van der Waals surface area contributed by atoms with Gasteiger partial charge < -0.3 is 9.80 Å². The van der Waals surface area contributed by atoms with Gasteiger partial charge in [-0.1, -0.05) is 18.2 Å². The fraction of sp³-hybridized carbons (Fsp3) is 0.267. The summed E-state index contributed by atoms with van der Waals surface area (Å²) in [6.07, 6.45) is 8.01. The molecule has 38 heavy (non-hydrogen) atoms. The number of carbonyl (C=O) groups excluding carboxylic acids is 2. The summed E-state index contributed by atoms with van der Waals surface area (Å²) in [5, 5.41) is 8.18. The van der Waals surface area contributed by atoms with Crippen LogP contribution < -0.4 is 20.7 Å². The zero-order chi connectivity index (χ0) is 26.2. The summed E-state index contributed by atoms with van der Waals surface area (Å²) in [6, 6.07) is 22.7. The van der Waals surface area contributed by atoms with Gasteiger partial charge in [0.05, 0.1) is 12.4 Å². The van der Waals surface area contributed by atoms with Gasteiger partial charge in [0.25, 0.3) is 11.8 Å². The standard InChI is InChI=1S/C30H32N6O2/c37-29(25-8-12-27(13-9-25)35-16-1-2-17-35)33-31-21-23-6-5-7-24(20-23)22-32-34-30(38)26-10-14-28(15-11-26)36-18-3-4-19-36/h5-15,20-22H,1-4,16-19H2,(H,33,37)(H,34,38)/b31-21+,32-22+. The van der Waals surface area contributed by atoms with Gasteiger partial charge in [0.15, 0.2) is 0 Å². The van der Waals surface area contributed by atoms with Crippen LogP contribution in [0.5, 0.6) is 0 Å². The summed E-state index contributed by atoms with van der Waals surface area (Å²) < 4.78 is 0. The largest absolute Gasteiger partial charge is 0.372 e. The Balaban J connectivity index is 1.11. The molecule has 0 unspecified atom stereocenters. The van der Waals surface area contributed by atoms with E-state index in [9.17, 15) is 9.59 Å². The molecular weight excluding hydrogens is 476 g/mol. The van der Waals surface area contributed by atoms with Gasteiger partial charge in [-0.15, -0.1) is 0 Å². The van der Waals surface area contributed by atoms with E-state index in [1.807, 2.05) is 72.8 Å². The van der Waals surface area contributed by atoms with Gasteiger partial charge >= 0.3 is 0 Å². The maximum absolute atomic E-state index is 12.4. The first-order chi connectivity index (χ1) is 18.7. The molecule has 0 radical (unpaired) electrons. The maximum Gasteiger partial charge on any atom is 0.271 e. The molecule has 2 heterocycles. The Morgan fingerprint density at radius 1 is 0.605 bits per heavy atom. The van der Waals surface area contributed by atoms with Crippen LogP contribution in [0, 0.1) is 0 Å². The molecule has 2 saturated heterocycles. The number of carbonyl (C=O) groups is 2. The van der Waals surface area contributed by atoms with E-state index < -0.39 is 0 Å². The summed E-state index contributed by atoms with van der Waals surface area (Å²) >= 11 is 0. The van der Waals surface area contributed by atoms with E-state index in [-0.39, 0.29) is 11.8 Å². The molecule has 0 spiro atoms. The second kappa shape index (κ2) is 12.2. The number of hydrogen-bond donors (Lipinski definition) is 2. The van der Waals surface area contributed by atoms with Crippen molar-refractivity contribution in [3.63, 3.8) is 0 Å². The van der Waals surface area contributed by atoms with Crippen LogP contribution >= 0.6 is 0 Å².